The maximum absolute atomic E-state index is 11.4. The summed E-state index contributed by atoms with van der Waals surface area (Å²) >= 11 is 0. The molecular weight excluding hydrogens is 148 g/mol. The third-order valence-corrected chi connectivity index (χ3v) is 1.82. The molecule has 0 saturated carbocycles. The zero-order valence-corrected chi connectivity index (χ0v) is 7.63. The van der Waals surface area contributed by atoms with Crippen LogP contribution in [0.1, 0.15) is 35.7 Å². The Bertz CT molecular complexity index is 276. The summed E-state index contributed by atoms with van der Waals surface area (Å²) in [4.78, 5) is 11.4. The van der Waals surface area contributed by atoms with E-state index in [1.165, 1.54) is 0 Å². The van der Waals surface area contributed by atoms with Crippen LogP contribution < -0.4 is 0 Å². The first-order chi connectivity index (χ1) is 5.74. The van der Waals surface area contributed by atoms with Crippen LogP contribution in [0.15, 0.2) is 24.3 Å². The van der Waals surface area contributed by atoms with Crippen LogP contribution in [-0.4, -0.2) is 5.78 Å². The Kier molecular flexibility index (Phi) is 3.03. The van der Waals surface area contributed by atoms with Gasteiger partial charge in [0.05, 0.1) is 0 Å². The molecule has 0 amide bonds. The summed E-state index contributed by atoms with van der Waals surface area (Å²) in [5, 5.41) is 0. The highest BCUT2D eigenvalue weighted by Crippen LogP contribution is 2.07. The second-order valence-corrected chi connectivity index (χ2v) is 3.04. The fraction of sp³-hybridized carbons (Fsp3) is 0.364. The highest BCUT2D eigenvalue weighted by molar-refractivity contribution is 5.96. The maximum atomic E-state index is 11.4. The molecule has 0 saturated heterocycles. The number of hydrogen-bond donors (Lipinski definition) is 0. The summed E-state index contributed by atoms with van der Waals surface area (Å²) in [5.74, 6) is 0.251. The summed E-state index contributed by atoms with van der Waals surface area (Å²) in [6.07, 6.45) is 1.58. The molecule has 0 aromatic heterocycles. The molecule has 0 heterocycles. The van der Waals surface area contributed by atoms with Crippen LogP contribution in [-0.2, 0) is 0 Å². The van der Waals surface area contributed by atoms with E-state index < -0.39 is 0 Å². The van der Waals surface area contributed by atoms with Gasteiger partial charge < -0.3 is 0 Å². The van der Waals surface area contributed by atoms with Crippen molar-refractivity contribution >= 4 is 5.78 Å². The van der Waals surface area contributed by atoms with E-state index in [0.717, 1.165) is 17.5 Å². The minimum Gasteiger partial charge on any atom is -0.294 e. The molecule has 12 heavy (non-hydrogen) atoms. The Morgan fingerprint density at radius 1 is 1.42 bits per heavy atom. The lowest BCUT2D eigenvalue weighted by Gasteiger charge is -1.99. The number of rotatable bonds is 3. The van der Waals surface area contributed by atoms with Crippen molar-refractivity contribution < 1.29 is 4.79 Å². The molecule has 0 bridgehead atoms. The van der Waals surface area contributed by atoms with E-state index in [9.17, 15) is 4.79 Å². The summed E-state index contributed by atoms with van der Waals surface area (Å²) in [5.41, 5.74) is 1.99. The van der Waals surface area contributed by atoms with E-state index in [4.69, 9.17) is 0 Å². The first kappa shape index (κ1) is 8.98. The van der Waals surface area contributed by atoms with E-state index in [-0.39, 0.29) is 5.78 Å². The van der Waals surface area contributed by atoms with Crippen LogP contribution in [0.2, 0.25) is 0 Å². The first-order valence-corrected chi connectivity index (χ1v) is 4.34. The highest BCUT2D eigenvalue weighted by Gasteiger charge is 2.02. The molecule has 0 aliphatic heterocycles. The smallest absolute Gasteiger partial charge is 0.162 e. The van der Waals surface area contributed by atoms with Crippen molar-refractivity contribution in [1.29, 1.82) is 0 Å². The summed E-state index contributed by atoms with van der Waals surface area (Å²) in [7, 11) is 0. The maximum Gasteiger partial charge on any atom is 0.162 e. The SMILES string of the molecule is CCCC(=O)c1cccc(C)c1. The molecule has 0 aliphatic rings. The molecule has 1 heteroatoms. The average molecular weight is 162 g/mol. The number of Topliss-reactive ketones (excluding diaryl/α,β-unsaturated/α-hetero) is 1. The fourth-order valence-electron chi connectivity index (χ4n) is 1.19. The lowest BCUT2D eigenvalue weighted by Crippen LogP contribution is -1.97. The van der Waals surface area contributed by atoms with Gasteiger partial charge in [-0.15, -0.1) is 0 Å². The number of hydrogen-bond acceptors (Lipinski definition) is 1. The van der Waals surface area contributed by atoms with Crippen molar-refractivity contribution in [1.82, 2.24) is 0 Å². The monoisotopic (exact) mass is 162 g/mol. The van der Waals surface area contributed by atoms with Crippen LogP contribution in [0.3, 0.4) is 0 Å². The largest absolute Gasteiger partial charge is 0.294 e. The van der Waals surface area contributed by atoms with Crippen molar-refractivity contribution in [3.63, 3.8) is 0 Å². The van der Waals surface area contributed by atoms with E-state index in [1.54, 1.807) is 0 Å². The van der Waals surface area contributed by atoms with Gasteiger partial charge in [-0.1, -0.05) is 30.7 Å². The molecule has 64 valence electrons. The van der Waals surface area contributed by atoms with Crippen LogP contribution >= 0.6 is 0 Å². The van der Waals surface area contributed by atoms with E-state index in [2.05, 4.69) is 0 Å². The van der Waals surface area contributed by atoms with E-state index >= 15 is 0 Å². The molecule has 0 aliphatic carbocycles. The van der Waals surface area contributed by atoms with E-state index in [0.29, 0.717) is 6.42 Å². The van der Waals surface area contributed by atoms with Crippen LogP contribution in [0.4, 0.5) is 0 Å². The molecule has 0 fully saturated rings. The van der Waals surface area contributed by atoms with Crippen molar-refractivity contribution in [3.8, 4) is 0 Å². The van der Waals surface area contributed by atoms with Crippen LogP contribution in [0.5, 0.6) is 0 Å². The van der Waals surface area contributed by atoms with Crippen molar-refractivity contribution in [2.24, 2.45) is 0 Å². The summed E-state index contributed by atoms with van der Waals surface area (Å²) in [6.45, 7) is 4.02. The van der Waals surface area contributed by atoms with Gasteiger partial charge in [0.25, 0.3) is 0 Å². The predicted octanol–water partition coefficient (Wildman–Crippen LogP) is 2.98. The number of ketones is 1. The lowest BCUT2D eigenvalue weighted by atomic mass is 10.1. The molecule has 0 spiro atoms. The topological polar surface area (TPSA) is 17.1 Å². The Balaban J connectivity index is 2.81. The number of carbonyl (C=O) groups excluding carboxylic acids is 1. The number of carbonyl (C=O) groups is 1. The molecular formula is C11H14O. The Labute approximate surface area is 73.4 Å². The molecule has 0 N–H and O–H groups in total. The zero-order valence-electron chi connectivity index (χ0n) is 7.63. The number of benzene rings is 1. The minimum atomic E-state index is 0.251. The molecule has 1 aromatic rings. The van der Waals surface area contributed by atoms with Crippen LogP contribution in [0.25, 0.3) is 0 Å². The predicted molar refractivity (Wildman–Crippen MR) is 50.4 cm³/mol. The molecule has 0 radical (unpaired) electrons. The Hall–Kier alpha value is -1.11. The highest BCUT2D eigenvalue weighted by atomic mass is 16.1. The van der Waals surface area contributed by atoms with Crippen molar-refractivity contribution in [3.05, 3.63) is 35.4 Å². The second-order valence-electron chi connectivity index (χ2n) is 3.04. The number of aryl methyl sites for hydroxylation is 1. The first-order valence-electron chi connectivity index (χ1n) is 4.34. The third-order valence-electron chi connectivity index (χ3n) is 1.82. The summed E-state index contributed by atoms with van der Waals surface area (Å²) in [6, 6.07) is 7.75. The second kappa shape index (κ2) is 4.05. The van der Waals surface area contributed by atoms with Crippen molar-refractivity contribution in [2.75, 3.05) is 0 Å². The molecule has 1 aromatic carbocycles. The lowest BCUT2D eigenvalue weighted by molar-refractivity contribution is 0.0981. The van der Waals surface area contributed by atoms with Gasteiger partial charge in [0.1, 0.15) is 0 Å². The Morgan fingerprint density at radius 2 is 2.17 bits per heavy atom. The van der Waals surface area contributed by atoms with Gasteiger partial charge in [-0.25, -0.2) is 0 Å². The molecule has 0 atom stereocenters. The molecule has 1 nitrogen and oxygen atoms in total. The van der Waals surface area contributed by atoms with Gasteiger partial charge >= 0.3 is 0 Å². The van der Waals surface area contributed by atoms with Gasteiger partial charge in [-0.05, 0) is 19.4 Å². The summed E-state index contributed by atoms with van der Waals surface area (Å²) < 4.78 is 0. The minimum absolute atomic E-state index is 0.251. The third kappa shape index (κ3) is 2.19. The average Bonchev–Trinajstić information content (AvgIpc) is 2.05. The quantitative estimate of drug-likeness (QED) is 0.624. The van der Waals surface area contributed by atoms with Gasteiger partial charge in [-0.3, -0.25) is 4.79 Å². The molecule has 1 rings (SSSR count). The van der Waals surface area contributed by atoms with Gasteiger partial charge in [0.2, 0.25) is 0 Å². The van der Waals surface area contributed by atoms with Gasteiger partial charge in [0.15, 0.2) is 5.78 Å². The standard InChI is InChI=1S/C11H14O/c1-3-5-11(12)10-7-4-6-9(2)8-10/h4,6-8H,3,5H2,1-2H3. The normalized spacial score (nSPS) is 9.83. The van der Waals surface area contributed by atoms with Gasteiger partial charge in [-0.2, -0.15) is 0 Å². The zero-order chi connectivity index (χ0) is 8.97. The van der Waals surface area contributed by atoms with Crippen molar-refractivity contribution in [2.45, 2.75) is 26.7 Å². The van der Waals surface area contributed by atoms with Gasteiger partial charge in [0, 0.05) is 12.0 Å². The van der Waals surface area contributed by atoms with E-state index in [1.807, 2.05) is 38.1 Å². The fourth-order valence-corrected chi connectivity index (χ4v) is 1.19. The molecule has 0 unspecified atom stereocenters. The van der Waals surface area contributed by atoms with Crippen LogP contribution in [0, 0.1) is 6.92 Å². The Morgan fingerprint density at radius 3 is 2.75 bits per heavy atom.